The van der Waals surface area contributed by atoms with Crippen LogP contribution in [-0.2, 0) is 6.42 Å². The molecule has 1 nitrogen and oxygen atoms in total. The van der Waals surface area contributed by atoms with E-state index in [2.05, 4.69) is 0 Å². The van der Waals surface area contributed by atoms with Crippen LogP contribution < -0.4 is 5.73 Å². The predicted molar refractivity (Wildman–Crippen MR) is 49.9 cm³/mol. The van der Waals surface area contributed by atoms with E-state index in [0.29, 0.717) is 6.42 Å². The fourth-order valence-electron chi connectivity index (χ4n) is 1.15. The molecule has 0 atom stereocenters. The monoisotopic (exact) mass is 205 g/mol. The highest BCUT2D eigenvalue weighted by Crippen LogP contribution is 2.31. The van der Waals surface area contributed by atoms with Gasteiger partial charge in [0.1, 0.15) is 0 Å². The smallest absolute Gasteiger partial charge is 0.164 e. The van der Waals surface area contributed by atoms with E-state index in [1.807, 2.05) is 0 Å². The quantitative estimate of drug-likeness (QED) is 0.554. The number of rotatable bonds is 1. The van der Waals surface area contributed by atoms with Gasteiger partial charge in [0.2, 0.25) is 0 Å². The van der Waals surface area contributed by atoms with Gasteiger partial charge in [-0.1, -0.05) is 18.5 Å². The second kappa shape index (κ2) is 3.50. The lowest BCUT2D eigenvalue weighted by atomic mass is 10.1. The van der Waals surface area contributed by atoms with Crippen LogP contribution in [-0.4, -0.2) is 0 Å². The van der Waals surface area contributed by atoms with Crippen LogP contribution in [0.25, 0.3) is 0 Å². The van der Waals surface area contributed by atoms with Crippen LogP contribution in [0.15, 0.2) is 0 Å². The summed E-state index contributed by atoms with van der Waals surface area (Å²) < 4.78 is 26.3. The van der Waals surface area contributed by atoms with E-state index in [9.17, 15) is 8.78 Å². The first-order valence-corrected chi connectivity index (χ1v) is 4.29. The fourth-order valence-corrected chi connectivity index (χ4v) is 1.51. The van der Waals surface area contributed by atoms with Crippen LogP contribution in [0.2, 0.25) is 5.02 Å². The van der Waals surface area contributed by atoms with Crippen molar-refractivity contribution in [2.75, 3.05) is 5.73 Å². The van der Waals surface area contributed by atoms with E-state index in [-0.39, 0.29) is 21.8 Å². The SMILES string of the molecule is CCc1c(F)c(F)c(C)c(N)c1Cl. The zero-order chi connectivity index (χ0) is 10.2. The molecule has 0 heterocycles. The van der Waals surface area contributed by atoms with E-state index in [1.165, 1.54) is 6.92 Å². The molecule has 13 heavy (non-hydrogen) atoms. The van der Waals surface area contributed by atoms with Gasteiger partial charge < -0.3 is 5.73 Å². The van der Waals surface area contributed by atoms with Crippen molar-refractivity contribution >= 4 is 17.3 Å². The van der Waals surface area contributed by atoms with Gasteiger partial charge in [0.05, 0.1) is 10.7 Å². The molecule has 0 aliphatic rings. The van der Waals surface area contributed by atoms with Crippen LogP contribution in [0.4, 0.5) is 14.5 Å². The molecule has 0 unspecified atom stereocenters. The number of hydrogen-bond donors (Lipinski definition) is 1. The Morgan fingerprint density at radius 1 is 1.31 bits per heavy atom. The molecule has 0 saturated heterocycles. The summed E-state index contributed by atoms with van der Waals surface area (Å²) in [5.74, 6) is -1.79. The molecule has 0 saturated carbocycles. The maximum atomic E-state index is 13.2. The molecule has 4 heteroatoms. The number of halogens is 3. The molecular weight excluding hydrogens is 196 g/mol. The van der Waals surface area contributed by atoms with E-state index >= 15 is 0 Å². The molecule has 0 spiro atoms. The van der Waals surface area contributed by atoms with Crippen molar-refractivity contribution in [3.63, 3.8) is 0 Å². The average Bonchev–Trinajstić information content (AvgIpc) is 2.13. The highest BCUT2D eigenvalue weighted by atomic mass is 35.5. The van der Waals surface area contributed by atoms with E-state index in [0.717, 1.165) is 0 Å². The molecule has 1 aromatic rings. The summed E-state index contributed by atoms with van der Waals surface area (Å²) in [6.45, 7) is 3.09. The molecule has 0 aliphatic carbocycles. The van der Waals surface area contributed by atoms with Crippen LogP contribution in [0.3, 0.4) is 0 Å². The van der Waals surface area contributed by atoms with Gasteiger partial charge in [0, 0.05) is 11.1 Å². The lowest BCUT2D eigenvalue weighted by Crippen LogP contribution is -2.03. The zero-order valence-electron chi connectivity index (χ0n) is 7.42. The molecule has 2 N–H and O–H groups in total. The first-order valence-electron chi connectivity index (χ1n) is 3.92. The molecule has 0 bridgehead atoms. The van der Waals surface area contributed by atoms with Crippen molar-refractivity contribution in [2.24, 2.45) is 0 Å². The minimum absolute atomic E-state index is 0.0692. The lowest BCUT2D eigenvalue weighted by molar-refractivity contribution is 0.495. The lowest BCUT2D eigenvalue weighted by Gasteiger charge is -2.10. The Bertz CT molecular complexity index is 321. The first kappa shape index (κ1) is 10.3. The summed E-state index contributed by atoms with van der Waals surface area (Å²) in [5, 5.41) is 0.124. The normalized spacial score (nSPS) is 10.5. The van der Waals surface area contributed by atoms with Crippen LogP contribution in [0, 0.1) is 18.6 Å². The molecule has 0 aliphatic heterocycles. The summed E-state index contributed by atoms with van der Waals surface area (Å²) in [6.07, 6.45) is 0.325. The largest absolute Gasteiger partial charge is 0.397 e. The number of hydrogen-bond acceptors (Lipinski definition) is 1. The molecule has 0 radical (unpaired) electrons. The van der Waals surface area contributed by atoms with Crippen molar-refractivity contribution in [3.05, 3.63) is 27.8 Å². The van der Waals surface area contributed by atoms with Crippen LogP contribution in [0.1, 0.15) is 18.1 Å². The Morgan fingerprint density at radius 3 is 2.31 bits per heavy atom. The zero-order valence-corrected chi connectivity index (χ0v) is 8.17. The summed E-state index contributed by atoms with van der Waals surface area (Å²) in [6, 6.07) is 0. The predicted octanol–water partition coefficient (Wildman–Crippen LogP) is 3.07. The van der Waals surface area contributed by atoms with Gasteiger partial charge in [0.15, 0.2) is 11.6 Å². The van der Waals surface area contributed by atoms with E-state index in [1.54, 1.807) is 6.92 Å². The molecule has 0 fully saturated rings. The summed E-state index contributed by atoms with van der Waals surface area (Å²) in [5.41, 5.74) is 5.82. The van der Waals surface area contributed by atoms with Crippen molar-refractivity contribution in [1.82, 2.24) is 0 Å². The number of benzene rings is 1. The van der Waals surface area contributed by atoms with Gasteiger partial charge in [-0.25, -0.2) is 8.78 Å². The highest BCUT2D eigenvalue weighted by molar-refractivity contribution is 6.34. The van der Waals surface area contributed by atoms with Gasteiger partial charge >= 0.3 is 0 Å². The van der Waals surface area contributed by atoms with Crippen LogP contribution >= 0.6 is 11.6 Å². The van der Waals surface area contributed by atoms with Gasteiger partial charge in [-0.15, -0.1) is 0 Å². The second-order valence-corrected chi connectivity index (χ2v) is 3.19. The minimum atomic E-state index is -0.904. The second-order valence-electron chi connectivity index (χ2n) is 2.81. The van der Waals surface area contributed by atoms with Crippen molar-refractivity contribution in [3.8, 4) is 0 Å². The number of nitrogens with two attached hydrogens (primary N) is 1. The molecule has 0 aromatic heterocycles. The first-order chi connectivity index (χ1) is 6.00. The fraction of sp³-hybridized carbons (Fsp3) is 0.333. The Morgan fingerprint density at radius 2 is 1.85 bits per heavy atom. The Kier molecular flexibility index (Phi) is 2.76. The number of anilines is 1. The van der Waals surface area contributed by atoms with E-state index < -0.39 is 11.6 Å². The van der Waals surface area contributed by atoms with Crippen molar-refractivity contribution in [2.45, 2.75) is 20.3 Å². The maximum Gasteiger partial charge on any atom is 0.164 e. The van der Waals surface area contributed by atoms with Gasteiger partial charge in [-0.3, -0.25) is 0 Å². The Labute approximate surface area is 80.5 Å². The van der Waals surface area contributed by atoms with E-state index in [4.69, 9.17) is 17.3 Å². The Balaban J connectivity index is 3.56. The summed E-state index contributed by atoms with van der Waals surface area (Å²) in [4.78, 5) is 0. The molecule has 1 aromatic carbocycles. The van der Waals surface area contributed by atoms with Gasteiger partial charge in [-0.05, 0) is 13.3 Å². The summed E-state index contributed by atoms with van der Waals surface area (Å²) >= 11 is 5.74. The maximum absolute atomic E-state index is 13.2. The Hall–Kier alpha value is -0.830. The minimum Gasteiger partial charge on any atom is -0.397 e. The highest BCUT2D eigenvalue weighted by Gasteiger charge is 2.17. The summed E-state index contributed by atoms with van der Waals surface area (Å²) in [7, 11) is 0. The molecule has 0 amide bonds. The molecular formula is C9H10ClF2N. The van der Waals surface area contributed by atoms with Crippen LogP contribution in [0.5, 0.6) is 0 Å². The molecule has 1 rings (SSSR count). The van der Waals surface area contributed by atoms with Crippen molar-refractivity contribution < 1.29 is 8.78 Å². The average molecular weight is 206 g/mol. The molecule has 72 valence electrons. The third kappa shape index (κ3) is 1.48. The van der Waals surface area contributed by atoms with Gasteiger partial charge in [0.25, 0.3) is 0 Å². The van der Waals surface area contributed by atoms with Gasteiger partial charge in [-0.2, -0.15) is 0 Å². The topological polar surface area (TPSA) is 26.0 Å². The van der Waals surface area contributed by atoms with Crippen molar-refractivity contribution in [1.29, 1.82) is 0 Å². The number of nitrogen functional groups attached to an aromatic ring is 1. The third-order valence-electron chi connectivity index (χ3n) is 2.05. The standard InChI is InChI=1S/C9H10ClF2N/c1-3-5-6(10)9(13)4(2)7(11)8(5)12/h3,13H2,1-2H3. The third-order valence-corrected chi connectivity index (χ3v) is 2.48.